The first kappa shape index (κ1) is 13.8. The van der Waals surface area contributed by atoms with Gasteiger partial charge in [0.1, 0.15) is 6.61 Å². The van der Waals surface area contributed by atoms with Gasteiger partial charge in [-0.25, -0.2) is 0 Å². The lowest BCUT2D eigenvalue weighted by molar-refractivity contribution is -0.140. The van der Waals surface area contributed by atoms with Crippen molar-refractivity contribution < 1.29 is 19.0 Å². The molecule has 94 valence electrons. The van der Waals surface area contributed by atoms with Crippen LogP contribution in [0.15, 0.2) is 18.2 Å². The lowest BCUT2D eigenvalue weighted by atomic mass is 10.1. The van der Waals surface area contributed by atoms with Crippen LogP contribution < -0.4 is 9.47 Å². The van der Waals surface area contributed by atoms with E-state index in [-0.39, 0.29) is 17.4 Å². The third-order valence-corrected chi connectivity index (χ3v) is 3.00. The molecule has 0 heterocycles. The van der Waals surface area contributed by atoms with Crippen LogP contribution in [0.4, 0.5) is 0 Å². The maximum absolute atomic E-state index is 10.7. The van der Waals surface area contributed by atoms with Gasteiger partial charge in [0.15, 0.2) is 11.5 Å². The predicted molar refractivity (Wildman–Crippen MR) is 67.8 cm³/mol. The van der Waals surface area contributed by atoms with Crippen molar-refractivity contribution >= 4 is 21.9 Å². The molecule has 0 fully saturated rings. The van der Waals surface area contributed by atoms with E-state index in [0.717, 1.165) is 5.56 Å². The first-order chi connectivity index (χ1) is 8.08. The highest BCUT2D eigenvalue weighted by Crippen LogP contribution is 2.32. The first-order valence-electron chi connectivity index (χ1n) is 5.07. The Hall–Kier alpha value is -1.23. The number of halogens is 1. The molecule has 0 radical (unpaired) electrons. The van der Waals surface area contributed by atoms with Gasteiger partial charge in [-0.05, 0) is 17.7 Å². The van der Waals surface area contributed by atoms with Gasteiger partial charge in [0.2, 0.25) is 0 Å². The van der Waals surface area contributed by atoms with Crippen molar-refractivity contribution in [3.8, 4) is 11.5 Å². The minimum atomic E-state index is -0.296. The Morgan fingerprint density at radius 3 is 2.47 bits per heavy atom. The van der Waals surface area contributed by atoms with Crippen LogP contribution in [0.5, 0.6) is 11.5 Å². The number of rotatable bonds is 5. The number of carbonyl (C=O) groups is 1. The highest BCUT2D eigenvalue weighted by molar-refractivity contribution is 9.09. The van der Waals surface area contributed by atoms with E-state index in [9.17, 15) is 4.79 Å². The molecular weight excluding hydrogens is 288 g/mol. The third-order valence-electron chi connectivity index (χ3n) is 2.20. The molecule has 0 saturated heterocycles. The average molecular weight is 303 g/mol. The number of methoxy groups -OCH3 is 2. The van der Waals surface area contributed by atoms with Crippen molar-refractivity contribution in [1.29, 1.82) is 0 Å². The average Bonchev–Trinajstić information content (AvgIpc) is 2.34. The van der Waals surface area contributed by atoms with E-state index in [4.69, 9.17) is 14.2 Å². The maximum atomic E-state index is 10.7. The van der Waals surface area contributed by atoms with E-state index in [1.807, 2.05) is 18.2 Å². The monoisotopic (exact) mass is 302 g/mol. The molecular formula is C12H15BrO4. The molecule has 5 heteroatoms. The molecule has 0 spiro atoms. The van der Waals surface area contributed by atoms with Gasteiger partial charge >= 0.3 is 5.97 Å². The van der Waals surface area contributed by atoms with Crippen molar-refractivity contribution in [3.63, 3.8) is 0 Å². The topological polar surface area (TPSA) is 44.8 Å². The maximum Gasteiger partial charge on any atom is 0.302 e. The summed E-state index contributed by atoms with van der Waals surface area (Å²) in [6.45, 7) is 1.67. The molecule has 0 amide bonds. The zero-order chi connectivity index (χ0) is 12.8. The Kier molecular flexibility index (Phi) is 5.28. The molecule has 0 saturated carbocycles. The SMILES string of the molecule is COc1ccc(C(Br)COC(C)=O)cc1OC. The fourth-order valence-corrected chi connectivity index (χ4v) is 1.75. The van der Waals surface area contributed by atoms with Crippen molar-refractivity contribution in [1.82, 2.24) is 0 Å². The molecule has 0 aliphatic carbocycles. The van der Waals surface area contributed by atoms with Crippen LogP contribution in [-0.2, 0) is 9.53 Å². The Labute approximate surface area is 109 Å². The van der Waals surface area contributed by atoms with Gasteiger partial charge in [-0.1, -0.05) is 22.0 Å². The first-order valence-corrected chi connectivity index (χ1v) is 5.99. The Balaban J connectivity index is 2.80. The number of esters is 1. The molecule has 1 atom stereocenters. The van der Waals surface area contributed by atoms with Crippen molar-refractivity contribution in [3.05, 3.63) is 23.8 Å². The smallest absolute Gasteiger partial charge is 0.302 e. The quantitative estimate of drug-likeness (QED) is 0.620. The van der Waals surface area contributed by atoms with E-state index < -0.39 is 0 Å². The van der Waals surface area contributed by atoms with Gasteiger partial charge in [0.25, 0.3) is 0 Å². The van der Waals surface area contributed by atoms with E-state index in [1.54, 1.807) is 14.2 Å². The van der Waals surface area contributed by atoms with Crippen LogP contribution in [0.1, 0.15) is 17.3 Å². The van der Waals surface area contributed by atoms with Crippen LogP contribution in [-0.4, -0.2) is 26.8 Å². The van der Waals surface area contributed by atoms with Gasteiger partial charge < -0.3 is 14.2 Å². The largest absolute Gasteiger partial charge is 0.493 e. The molecule has 0 N–H and O–H groups in total. The molecule has 4 nitrogen and oxygen atoms in total. The second-order valence-electron chi connectivity index (χ2n) is 3.38. The number of carbonyl (C=O) groups excluding carboxylic acids is 1. The molecule has 0 aliphatic heterocycles. The lowest BCUT2D eigenvalue weighted by Crippen LogP contribution is -2.06. The molecule has 1 unspecified atom stereocenters. The summed E-state index contributed by atoms with van der Waals surface area (Å²) in [6, 6.07) is 5.56. The van der Waals surface area contributed by atoms with Crippen molar-refractivity contribution in [2.75, 3.05) is 20.8 Å². The minimum Gasteiger partial charge on any atom is -0.493 e. The molecule has 0 aliphatic rings. The molecule has 1 rings (SSSR count). The predicted octanol–water partition coefficient (Wildman–Crippen LogP) is 2.70. The van der Waals surface area contributed by atoms with Crippen LogP contribution in [0, 0.1) is 0 Å². The summed E-state index contributed by atoms with van der Waals surface area (Å²) in [5.74, 6) is 1.02. The van der Waals surface area contributed by atoms with E-state index >= 15 is 0 Å². The van der Waals surface area contributed by atoms with Gasteiger partial charge in [-0.15, -0.1) is 0 Å². The summed E-state index contributed by atoms with van der Waals surface area (Å²) >= 11 is 3.45. The van der Waals surface area contributed by atoms with E-state index in [2.05, 4.69) is 15.9 Å². The third kappa shape index (κ3) is 3.93. The zero-order valence-electron chi connectivity index (χ0n) is 10.0. The van der Waals surface area contributed by atoms with Crippen LogP contribution >= 0.6 is 15.9 Å². The van der Waals surface area contributed by atoms with Gasteiger partial charge in [-0.3, -0.25) is 4.79 Å². The van der Waals surface area contributed by atoms with Crippen LogP contribution in [0.2, 0.25) is 0 Å². The van der Waals surface area contributed by atoms with E-state index in [0.29, 0.717) is 11.5 Å². The van der Waals surface area contributed by atoms with Crippen LogP contribution in [0.25, 0.3) is 0 Å². The standard InChI is InChI=1S/C12H15BrO4/c1-8(14)17-7-10(13)9-4-5-11(15-2)12(6-9)16-3/h4-6,10H,7H2,1-3H3. The van der Waals surface area contributed by atoms with Gasteiger partial charge in [0.05, 0.1) is 19.0 Å². The van der Waals surface area contributed by atoms with Crippen molar-refractivity contribution in [2.24, 2.45) is 0 Å². The van der Waals surface area contributed by atoms with Gasteiger partial charge in [-0.2, -0.15) is 0 Å². The van der Waals surface area contributed by atoms with Gasteiger partial charge in [0, 0.05) is 6.92 Å². The van der Waals surface area contributed by atoms with Crippen molar-refractivity contribution in [2.45, 2.75) is 11.8 Å². The number of benzene rings is 1. The summed E-state index contributed by atoms with van der Waals surface area (Å²) in [7, 11) is 3.17. The summed E-state index contributed by atoms with van der Waals surface area (Å²) in [4.78, 5) is 10.7. The summed E-state index contributed by atoms with van der Waals surface area (Å²) in [5.41, 5.74) is 0.962. The highest BCUT2D eigenvalue weighted by Gasteiger charge is 2.12. The Morgan fingerprint density at radius 1 is 1.29 bits per heavy atom. The minimum absolute atomic E-state index is 0.0637. The fraction of sp³-hybridized carbons (Fsp3) is 0.417. The summed E-state index contributed by atoms with van der Waals surface area (Å²) in [5, 5.41) is 0. The summed E-state index contributed by atoms with van der Waals surface area (Å²) < 4.78 is 15.3. The Bertz CT molecular complexity index is 392. The number of alkyl halides is 1. The number of ether oxygens (including phenoxy) is 3. The fourth-order valence-electron chi connectivity index (χ4n) is 1.33. The van der Waals surface area contributed by atoms with Crippen LogP contribution in [0.3, 0.4) is 0 Å². The highest BCUT2D eigenvalue weighted by atomic mass is 79.9. The summed E-state index contributed by atoms with van der Waals surface area (Å²) in [6.07, 6.45) is 0. The molecule has 1 aromatic rings. The zero-order valence-corrected chi connectivity index (χ0v) is 11.6. The molecule has 0 bridgehead atoms. The van der Waals surface area contributed by atoms with E-state index in [1.165, 1.54) is 6.92 Å². The number of hydrogen-bond acceptors (Lipinski definition) is 4. The molecule has 1 aromatic carbocycles. The number of hydrogen-bond donors (Lipinski definition) is 0. The molecule has 17 heavy (non-hydrogen) atoms. The lowest BCUT2D eigenvalue weighted by Gasteiger charge is -2.13. The normalized spacial score (nSPS) is 11.8. The second kappa shape index (κ2) is 6.49. The molecule has 0 aromatic heterocycles. The Morgan fingerprint density at radius 2 is 1.94 bits per heavy atom. The second-order valence-corrected chi connectivity index (χ2v) is 4.49.